The highest BCUT2D eigenvalue weighted by Gasteiger charge is 2.28. The van der Waals surface area contributed by atoms with Gasteiger partial charge in [0.15, 0.2) is 9.84 Å². The van der Waals surface area contributed by atoms with Gasteiger partial charge in [0.2, 0.25) is 0 Å². The zero-order valence-corrected chi connectivity index (χ0v) is 13.8. The summed E-state index contributed by atoms with van der Waals surface area (Å²) < 4.78 is 50.3. The standard InChI is InChI=1S/C12H17ClO5S2/c1-12(2,3)19(14,15)9-8-18-10-4-6-11(7-5-10)20(13,16)17/h4-7H,8-9H2,1-3H3. The van der Waals surface area contributed by atoms with Crippen LogP contribution in [-0.4, -0.2) is 33.9 Å². The molecule has 0 fully saturated rings. The van der Waals surface area contributed by atoms with Crippen molar-refractivity contribution in [3.63, 3.8) is 0 Å². The fraction of sp³-hybridized carbons (Fsp3) is 0.500. The molecule has 8 heteroatoms. The Morgan fingerprint density at radius 1 is 1.05 bits per heavy atom. The van der Waals surface area contributed by atoms with Crippen molar-refractivity contribution in [3.05, 3.63) is 24.3 Å². The minimum atomic E-state index is -3.76. The molecule has 0 aliphatic carbocycles. The number of rotatable bonds is 5. The van der Waals surface area contributed by atoms with E-state index in [0.29, 0.717) is 5.75 Å². The van der Waals surface area contributed by atoms with E-state index in [-0.39, 0.29) is 17.3 Å². The summed E-state index contributed by atoms with van der Waals surface area (Å²) >= 11 is 0. The molecular formula is C12H17ClO5S2. The fourth-order valence-corrected chi connectivity index (χ4v) is 2.96. The van der Waals surface area contributed by atoms with Gasteiger partial charge in [-0.15, -0.1) is 0 Å². The Bertz CT molecular complexity index is 655. The molecule has 0 radical (unpaired) electrons. The molecule has 0 aliphatic rings. The molecule has 114 valence electrons. The summed E-state index contributed by atoms with van der Waals surface area (Å²) in [6.45, 7) is 4.89. The second-order valence-corrected chi connectivity index (χ2v) is 10.6. The van der Waals surface area contributed by atoms with E-state index in [1.54, 1.807) is 20.8 Å². The van der Waals surface area contributed by atoms with Gasteiger partial charge in [-0.05, 0) is 45.0 Å². The lowest BCUT2D eigenvalue weighted by Gasteiger charge is -2.19. The van der Waals surface area contributed by atoms with Gasteiger partial charge in [-0.25, -0.2) is 16.8 Å². The predicted octanol–water partition coefficient (Wildman–Crippen LogP) is 2.21. The van der Waals surface area contributed by atoms with Crippen LogP contribution < -0.4 is 4.74 Å². The average Bonchev–Trinajstić information content (AvgIpc) is 2.26. The summed E-state index contributed by atoms with van der Waals surface area (Å²) in [4.78, 5) is -0.0335. The average molecular weight is 341 g/mol. The minimum Gasteiger partial charge on any atom is -0.493 e. The molecule has 0 atom stereocenters. The number of benzene rings is 1. The molecule has 0 saturated carbocycles. The maximum atomic E-state index is 11.9. The Kier molecular flexibility index (Phi) is 5.10. The van der Waals surface area contributed by atoms with Crippen LogP contribution in [0.25, 0.3) is 0 Å². The van der Waals surface area contributed by atoms with E-state index in [2.05, 4.69) is 0 Å². The summed E-state index contributed by atoms with van der Waals surface area (Å²) in [6.07, 6.45) is 0. The van der Waals surface area contributed by atoms with Crippen molar-refractivity contribution in [3.8, 4) is 5.75 Å². The van der Waals surface area contributed by atoms with E-state index in [0.717, 1.165) is 0 Å². The van der Waals surface area contributed by atoms with Crippen LogP contribution in [0.3, 0.4) is 0 Å². The summed E-state index contributed by atoms with van der Waals surface area (Å²) in [5.74, 6) is 0.282. The maximum absolute atomic E-state index is 11.9. The van der Waals surface area contributed by atoms with Gasteiger partial charge in [0.1, 0.15) is 12.4 Å². The van der Waals surface area contributed by atoms with Gasteiger partial charge in [0.05, 0.1) is 15.4 Å². The van der Waals surface area contributed by atoms with Gasteiger partial charge in [-0.2, -0.15) is 0 Å². The second kappa shape index (κ2) is 5.91. The molecule has 1 rings (SSSR count). The maximum Gasteiger partial charge on any atom is 0.261 e. The lowest BCUT2D eigenvalue weighted by atomic mass is 10.3. The normalized spacial score (nSPS) is 13.2. The highest BCUT2D eigenvalue weighted by molar-refractivity contribution is 8.13. The van der Waals surface area contributed by atoms with Crippen LogP contribution >= 0.6 is 10.7 Å². The summed E-state index contributed by atoms with van der Waals surface area (Å²) in [5.41, 5.74) is 0. The predicted molar refractivity (Wildman–Crippen MR) is 78.5 cm³/mol. The van der Waals surface area contributed by atoms with Crippen molar-refractivity contribution in [2.75, 3.05) is 12.4 Å². The molecule has 0 saturated heterocycles. The van der Waals surface area contributed by atoms with Crippen LogP contribution in [0.4, 0.5) is 0 Å². The SMILES string of the molecule is CC(C)(C)S(=O)(=O)CCOc1ccc(S(=O)(=O)Cl)cc1. The lowest BCUT2D eigenvalue weighted by Crippen LogP contribution is -2.32. The van der Waals surface area contributed by atoms with Crippen molar-refractivity contribution in [2.45, 2.75) is 30.4 Å². The van der Waals surface area contributed by atoms with Crippen molar-refractivity contribution in [1.29, 1.82) is 0 Å². The quantitative estimate of drug-likeness (QED) is 0.768. The van der Waals surface area contributed by atoms with Gasteiger partial charge in [-0.3, -0.25) is 0 Å². The summed E-state index contributed by atoms with van der Waals surface area (Å²) in [6, 6.07) is 5.46. The van der Waals surface area contributed by atoms with Crippen molar-refractivity contribution < 1.29 is 21.6 Å². The van der Waals surface area contributed by atoms with Crippen molar-refractivity contribution in [1.82, 2.24) is 0 Å². The fourth-order valence-electron chi connectivity index (χ4n) is 1.27. The van der Waals surface area contributed by atoms with E-state index in [1.165, 1.54) is 24.3 Å². The zero-order valence-electron chi connectivity index (χ0n) is 11.5. The molecule has 0 aromatic heterocycles. The number of hydrogen-bond acceptors (Lipinski definition) is 5. The summed E-state index contributed by atoms with van der Waals surface area (Å²) in [7, 11) is -1.83. The van der Waals surface area contributed by atoms with Crippen LogP contribution in [0.1, 0.15) is 20.8 Å². The minimum absolute atomic E-state index is 0.00652. The zero-order chi connectivity index (χ0) is 15.6. The molecule has 0 heterocycles. The third-order valence-corrected chi connectivity index (χ3v) is 6.60. The van der Waals surface area contributed by atoms with Gasteiger partial charge in [-0.1, -0.05) is 0 Å². The third kappa shape index (κ3) is 4.64. The molecule has 1 aromatic carbocycles. The van der Waals surface area contributed by atoms with Crippen molar-refractivity contribution >= 4 is 29.6 Å². The molecule has 5 nitrogen and oxygen atoms in total. The van der Waals surface area contributed by atoms with Crippen LogP contribution in [0.5, 0.6) is 5.75 Å². The van der Waals surface area contributed by atoms with Gasteiger partial charge in [0.25, 0.3) is 9.05 Å². The molecule has 0 amide bonds. The van der Waals surface area contributed by atoms with Crippen LogP contribution in [0.2, 0.25) is 0 Å². The van der Waals surface area contributed by atoms with Gasteiger partial charge >= 0.3 is 0 Å². The molecule has 1 aromatic rings. The van der Waals surface area contributed by atoms with Gasteiger partial charge < -0.3 is 4.74 Å². The lowest BCUT2D eigenvalue weighted by molar-refractivity contribution is 0.339. The van der Waals surface area contributed by atoms with Crippen LogP contribution in [0, 0.1) is 0 Å². The van der Waals surface area contributed by atoms with Crippen LogP contribution in [-0.2, 0) is 18.9 Å². The highest BCUT2D eigenvalue weighted by Crippen LogP contribution is 2.20. The smallest absolute Gasteiger partial charge is 0.261 e. The first kappa shape index (κ1) is 17.3. The highest BCUT2D eigenvalue weighted by atomic mass is 35.7. The monoisotopic (exact) mass is 340 g/mol. The molecule has 0 bridgehead atoms. The van der Waals surface area contributed by atoms with E-state index in [4.69, 9.17) is 15.4 Å². The summed E-state index contributed by atoms with van der Waals surface area (Å²) in [5, 5.41) is 0. The van der Waals surface area contributed by atoms with E-state index >= 15 is 0 Å². The molecule has 0 spiro atoms. The molecule has 0 N–H and O–H groups in total. The largest absolute Gasteiger partial charge is 0.493 e. The molecule has 0 aliphatic heterocycles. The number of hydrogen-bond donors (Lipinski definition) is 0. The van der Waals surface area contributed by atoms with Crippen molar-refractivity contribution in [2.24, 2.45) is 0 Å². The first-order chi connectivity index (χ1) is 8.93. The molecule has 20 heavy (non-hydrogen) atoms. The van der Waals surface area contributed by atoms with Crippen LogP contribution in [0.15, 0.2) is 29.2 Å². The Morgan fingerprint density at radius 2 is 1.55 bits per heavy atom. The Labute approximate surface area is 124 Å². The Hall–Kier alpha value is -0.790. The molecule has 0 unspecified atom stereocenters. The van der Waals surface area contributed by atoms with E-state index in [1.807, 2.05) is 0 Å². The van der Waals surface area contributed by atoms with E-state index in [9.17, 15) is 16.8 Å². The number of halogens is 1. The first-order valence-corrected chi connectivity index (χ1v) is 9.79. The Morgan fingerprint density at radius 3 is 1.95 bits per heavy atom. The molecular weight excluding hydrogens is 324 g/mol. The topological polar surface area (TPSA) is 77.5 Å². The number of ether oxygens (including phenoxy) is 1. The van der Waals surface area contributed by atoms with Gasteiger partial charge in [0, 0.05) is 10.7 Å². The third-order valence-electron chi connectivity index (χ3n) is 2.66. The Balaban J connectivity index is 2.65. The second-order valence-electron chi connectivity index (χ2n) is 5.19. The number of sulfone groups is 1. The first-order valence-electron chi connectivity index (χ1n) is 5.83. The van der Waals surface area contributed by atoms with E-state index < -0.39 is 23.6 Å².